The van der Waals surface area contributed by atoms with Gasteiger partial charge in [0.15, 0.2) is 0 Å². The van der Waals surface area contributed by atoms with E-state index in [-0.39, 0.29) is 0 Å². The molecule has 0 spiro atoms. The quantitative estimate of drug-likeness (QED) is 0.774. The van der Waals surface area contributed by atoms with Crippen molar-refractivity contribution in [3.63, 3.8) is 0 Å². The fourth-order valence-corrected chi connectivity index (χ4v) is 1.68. The molecule has 1 aromatic rings. The van der Waals surface area contributed by atoms with Crippen LogP contribution in [0.25, 0.3) is 0 Å². The first-order valence-electron chi connectivity index (χ1n) is 5.28. The second-order valence-electron chi connectivity index (χ2n) is 4.18. The number of nitrogens with zero attached hydrogens (tertiary/aromatic N) is 1. The molecule has 0 bridgehead atoms. The maximum atomic E-state index is 4.12. The minimum Gasteiger partial charge on any atom is -0.317 e. The number of aromatic nitrogens is 1. The van der Waals surface area contributed by atoms with Gasteiger partial charge in [0.1, 0.15) is 0 Å². The molecule has 0 aliphatic carbocycles. The van der Waals surface area contributed by atoms with E-state index in [0.29, 0.717) is 6.04 Å². The summed E-state index contributed by atoms with van der Waals surface area (Å²) in [6, 6.07) is 4.70. The number of hydrogen-bond acceptors (Lipinski definition) is 2. The first-order chi connectivity index (χ1) is 6.72. The summed E-state index contributed by atoms with van der Waals surface area (Å²) in [5, 5.41) is 3.35. The molecular formula is C12H20N2. The van der Waals surface area contributed by atoms with Crippen LogP contribution in [0.2, 0.25) is 0 Å². The highest BCUT2D eigenvalue weighted by Gasteiger charge is 2.08. The van der Waals surface area contributed by atoms with Gasteiger partial charge in [-0.3, -0.25) is 4.98 Å². The molecule has 0 radical (unpaired) electrons. The molecule has 2 heteroatoms. The zero-order valence-corrected chi connectivity index (χ0v) is 9.33. The van der Waals surface area contributed by atoms with Gasteiger partial charge < -0.3 is 5.32 Å². The van der Waals surface area contributed by atoms with Gasteiger partial charge in [0, 0.05) is 18.4 Å². The molecular weight excluding hydrogens is 172 g/mol. The van der Waals surface area contributed by atoms with Gasteiger partial charge >= 0.3 is 0 Å². The zero-order chi connectivity index (χ0) is 10.4. The normalized spacial score (nSPS) is 13.1. The molecule has 1 N–H and O–H groups in total. The number of likely N-dealkylation sites (N-methyl/N-ethyl adjacent to an activating group) is 1. The van der Waals surface area contributed by atoms with E-state index in [0.717, 1.165) is 12.3 Å². The monoisotopic (exact) mass is 192 g/mol. The first-order valence-corrected chi connectivity index (χ1v) is 5.28. The lowest BCUT2D eigenvalue weighted by Gasteiger charge is -2.17. The van der Waals surface area contributed by atoms with Crippen molar-refractivity contribution in [1.82, 2.24) is 10.3 Å². The highest BCUT2D eigenvalue weighted by atomic mass is 14.9. The van der Waals surface area contributed by atoms with Crippen molar-refractivity contribution < 1.29 is 0 Å². The van der Waals surface area contributed by atoms with Crippen LogP contribution >= 0.6 is 0 Å². The third-order valence-electron chi connectivity index (χ3n) is 2.37. The van der Waals surface area contributed by atoms with Gasteiger partial charge in [0.2, 0.25) is 0 Å². The molecule has 0 aliphatic rings. The van der Waals surface area contributed by atoms with Crippen molar-refractivity contribution in [3.8, 4) is 0 Å². The van der Waals surface area contributed by atoms with E-state index in [4.69, 9.17) is 0 Å². The molecule has 0 amide bonds. The topological polar surface area (TPSA) is 24.9 Å². The van der Waals surface area contributed by atoms with Crippen molar-refractivity contribution in [2.75, 3.05) is 7.05 Å². The summed E-state index contributed by atoms with van der Waals surface area (Å²) in [4.78, 5) is 4.12. The summed E-state index contributed by atoms with van der Waals surface area (Å²) in [5.41, 5.74) is 1.31. The molecule has 14 heavy (non-hydrogen) atoms. The molecule has 2 nitrogen and oxygen atoms in total. The van der Waals surface area contributed by atoms with Crippen molar-refractivity contribution in [1.29, 1.82) is 0 Å². The van der Waals surface area contributed by atoms with Gasteiger partial charge in [0.25, 0.3) is 0 Å². The van der Waals surface area contributed by atoms with Crippen LogP contribution in [0.15, 0.2) is 24.5 Å². The lowest BCUT2D eigenvalue weighted by atomic mass is 9.98. The van der Waals surface area contributed by atoms with Crippen LogP contribution in [-0.2, 0) is 6.42 Å². The van der Waals surface area contributed by atoms with Crippen molar-refractivity contribution in [3.05, 3.63) is 30.1 Å². The van der Waals surface area contributed by atoms with Crippen LogP contribution in [0.5, 0.6) is 0 Å². The van der Waals surface area contributed by atoms with Gasteiger partial charge in [-0.05, 0) is 37.4 Å². The van der Waals surface area contributed by atoms with Gasteiger partial charge in [-0.2, -0.15) is 0 Å². The highest BCUT2D eigenvalue weighted by molar-refractivity contribution is 5.10. The Balaban J connectivity index is 2.48. The lowest BCUT2D eigenvalue weighted by molar-refractivity contribution is 0.440. The van der Waals surface area contributed by atoms with Crippen LogP contribution in [0.1, 0.15) is 25.8 Å². The molecule has 0 aromatic carbocycles. The second-order valence-corrected chi connectivity index (χ2v) is 4.18. The molecule has 1 aromatic heterocycles. The third-order valence-corrected chi connectivity index (χ3v) is 2.37. The van der Waals surface area contributed by atoms with Crippen molar-refractivity contribution in [2.24, 2.45) is 5.92 Å². The largest absolute Gasteiger partial charge is 0.317 e. The number of hydrogen-bond donors (Lipinski definition) is 1. The number of pyridine rings is 1. The summed E-state index contributed by atoms with van der Waals surface area (Å²) in [6.07, 6.45) is 6.05. The van der Waals surface area contributed by atoms with Crippen LogP contribution in [-0.4, -0.2) is 18.1 Å². The fourth-order valence-electron chi connectivity index (χ4n) is 1.68. The number of nitrogens with one attached hydrogen (secondary N) is 1. The maximum Gasteiger partial charge on any atom is 0.0300 e. The van der Waals surface area contributed by atoms with Gasteiger partial charge in [-0.25, -0.2) is 0 Å². The minimum atomic E-state index is 0.569. The Morgan fingerprint density at radius 3 is 2.71 bits per heavy atom. The third kappa shape index (κ3) is 3.88. The molecule has 1 unspecified atom stereocenters. The Labute approximate surface area is 86.8 Å². The smallest absolute Gasteiger partial charge is 0.0300 e. The summed E-state index contributed by atoms with van der Waals surface area (Å²) in [6.45, 7) is 4.52. The molecule has 1 heterocycles. The van der Waals surface area contributed by atoms with E-state index in [1.165, 1.54) is 12.0 Å². The molecule has 0 saturated heterocycles. The highest BCUT2D eigenvalue weighted by Crippen LogP contribution is 2.09. The van der Waals surface area contributed by atoms with Crippen molar-refractivity contribution >= 4 is 0 Å². The molecule has 1 rings (SSSR count). The van der Waals surface area contributed by atoms with Crippen LogP contribution in [0.3, 0.4) is 0 Å². The summed E-state index contributed by atoms with van der Waals surface area (Å²) in [5.74, 6) is 0.740. The Bertz CT molecular complexity index is 244. The molecule has 0 aliphatic heterocycles. The first kappa shape index (κ1) is 11.2. The fraction of sp³-hybridized carbons (Fsp3) is 0.583. The van der Waals surface area contributed by atoms with E-state index in [1.807, 2.05) is 25.5 Å². The summed E-state index contributed by atoms with van der Waals surface area (Å²) >= 11 is 0. The predicted octanol–water partition coefficient (Wildman–Crippen LogP) is 2.26. The Morgan fingerprint density at radius 2 is 2.21 bits per heavy atom. The Morgan fingerprint density at radius 1 is 1.43 bits per heavy atom. The summed E-state index contributed by atoms with van der Waals surface area (Å²) < 4.78 is 0. The minimum absolute atomic E-state index is 0.569. The van der Waals surface area contributed by atoms with E-state index in [2.05, 4.69) is 30.2 Å². The lowest BCUT2D eigenvalue weighted by Crippen LogP contribution is -2.29. The molecule has 0 fully saturated rings. The maximum absolute atomic E-state index is 4.12. The van der Waals surface area contributed by atoms with E-state index in [1.54, 1.807) is 0 Å². The molecule has 1 atom stereocenters. The number of rotatable bonds is 5. The predicted molar refractivity (Wildman–Crippen MR) is 60.2 cm³/mol. The van der Waals surface area contributed by atoms with Gasteiger partial charge in [-0.15, -0.1) is 0 Å². The van der Waals surface area contributed by atoms with Crippen LogP contribution in [0.4, 0.5) is 0 Å². The zero-order valence-electron chi connectivity index (χ0n) is 9.33. The average Bonchev–Trinajstić information content (AvgIpc) is 2.17. The van der Waals surface area contributed by atoms with Crippen LogP contribution in [0, 0.1) is 5.92 Å². The second kappa shape index (κ2) is 5.76. The summed E-state index contributed by atoms with van der Waals surface area (Å²) in [7, 11) is 2.03. The average molecular weight is 192 g/mol. The van der Waals surface area contributed by atoms with Crippen LogP contribution < -0.4 is 5.32 Å². The molecule has 78 valence electrons. The van der Waals surface area contributed by atoms with E-state index >= 15 is 0 Å². The Kier molecular flexibility index (Phi) is 4.60. The van der Waals surface area contributed by atoms with Crippen molar-refractivity contribution in [2.45, 2.75) is 32.7 Å². The Hall–Kier alpha value is -0.890. The van der Waals surface area contributed by atoms with E-state index in [9.17, 15) is 0 Å². The standard InChI is InChI=1S/C12H20N2/c1-10(2)7-12(13-3)8-11-5-4-6-14-9-11/h4-6,9-10,12-13H,7-8H2,1-3H3. The van der Waals surface area contributed by atoms with E-state index < -0.39 is 0 Å². The SMILES string of the molecule is CNC(Cc1cccnc1)CC(C)C. The van der Waals surface area contributed by atoms with Gasteiger partial charge in [-0.1, -0.05) is 19.9 Å². The van der Waals surface area contributed by atoms with Gasteiger partial charge in [0.05, 0.1) is 0 Å². The molecule has 0 saturated carbocycles.